The number of amides is 2. The van der Waals surface area contributed by atoms with Gasteiger partial charge in [0.1, 0.15) is 0 Å². The van der Waals surface area contributed by atoms with Crippen molar-refractivity contribution >= 4 is 6.03 Å². The molecule has 2 saturated heterocycles. The van der Waals surface area contributed by atoms with Crippen molar-refractivity contribution in [1.82, 2.24) is 15.5 Å². The second kappa shape index (κ2) is 16.2. The first kappa shape index (κ1) is 32.9. The fraction of sp³-hybridized carbons (Fsp3) is 0.359. The lowest BCUT2D eigenvalue weighted by atomic mass is 9.97. The Morgan fingerprint density at radius 3 is 2.34 bits per heavy atom. The molecule has 2 fully saturated rings. The molecular formula is C39H45N3O5. The van der Waals surface area contributed by atoms with Gasteiger partial charge in [-0.3, -0.25) is 4.90 Å². The third-order valence-electron chi connectivity index (χ3n) is 9.16. The van der Waals surface area contributed by atoms with E-state index in [2.05, 4.69) is 58.0 Å². The highest BCUT2D eigenvalue weighted by molar-refractivity contribution is 5.75. The van der Waals surface area contributed by atoms with Crippen molar-refractivity contribution < 1.29 is 24.1 Å². The van der Waals surface area contributed by atoms with E-state index < -0.39 is 6.29 Å². The molecule has 246 valence electrons. The van der Waals surface area contributed by atoms with Crippen molar-refractivity contribution in [2.75, 3.05) is 26.8 Å². The van der Waals surface area contributed by atoms with Crippen LogP contribution < -0.4 is 10.6 Å². The maximum Gasteiger partial charge on any atom is 0.315 e. The van der Waals surface area contributed by atoms with Crippen molar-refractivity contribution in [3.05, 3.63) is 131 Å². The Bertz CT molecular complexity index is 1560. The maximum atomic E-state index is 12.5. The quantitative estimate of drug-likeness (QED) is 0.165. The van der Waals surface area contributed by atoms with Crippen LogP contribution in [-0.2, 0) is 33.9 Å². The van der Waals surface area contributed by atoms with Gasteiger partial charge in [-0.25, -0.2) is 4.79 Å². The molecule has 8 heteroatoms. The molecule has 2 amide bonds. The Labute approximate surface area is 277 Å². The fourth-order valence-corrected chi connectivity index (χ4v) is 6.60. The van der Waals surface area contributed by atoms with E-state index in [1.165, 1.54) is 6.42 Å². The minimum Gasteiger partial charge on any atom is -0.392 e. The number of ether oxygens (including phenoxy) is 3. The molecule has 0 unspecified atom stereocenters. The van der Waals surface area contributed by atoms with Gasteiger partial charge >= 0.3 is 6.03 Å². The van der Waals surface area contributed by atoms with Crippen LogP contribution in [0.2, 0.25) is 0 Å². The Kier molecular flexibility index (Phi) is 11.3. The van der Waals surface area contributed by atoms with Crippen LogP contribution in [0.25, 0.3) is 11.1 Å². The normalized spacial score (nSPS) is 21.4. The third kappa shape index (κ3) is 8.66. The zero-order valence-corrected chi connectivity index (χ0v) is 27.0. The largest absolute Gasteiger partial charge is 0.392 e. The molecule has 3 N–H and O–H groups in total. The molecule has 2 heterocycles. The summed E-state index contributed by atoms with van der Waals surface area (Å²) in [5, 5.41) is 15.5. The zero-order chi connectivity index (χ0) is 32.4. The van der Waals surface area contributed by atoms with E-state index in [0.29, 0.717) is 19.1 Å². The molecule has 4 aromatic rings. The number of hydrogen-bond donors (Lipinski definition) is 3. The van der Waals surface area contributed by atoms with Crippen LogP contribution in [0.15, 0.2) is 103 Å². The summed E-state index contributed by atoms with van der Waals surface area (Å²) in [4.78, 5) is 15.0. The maximum absolute atomic E-state index is 12.5. The lowest BCUT2D eigenvalue weighted by Gasteiger charge is -2.38. The number of urea groups is 1. The predicted molar refractivity (Wildman–Crippen MR) is 182 cm³/mol. The number of aliphatic hydroxyl groups excluding tert-OH is 1. The van der Waals surface area contributed by atoms with Crippen LogP contribution in [0.4, 0.5) is 4.79 Å². The summed E-state index contributed by atoms with van der Waals surface area (Å²) in [6, 6.07) is 34.6. The van der Waals surface area contributed by atoms with Gasteiger partial charge in [-0.05, 0) is 52.8 Å². The highest BCUT2D eigenvalue weighted by Gasteiger charge is 2.35. The molecule has 0 saturated carbocycles. The van der Waals surface area contributed by atoms with E-state index in [1.807, 2.05) is 60.7 Å². The Balaban J connectivity index is 1.15. The van der Waals surface area contributed by atoms with Gasteiger partial charge in [-0.2, -0.15) is 0 Å². The summed E-state index contributed by atoms with van der Waals surface area (Å²) >= 11 is 0. The van der Waals surface area contributed by atoms with Gasteiger partial charge in [0.25, 0.3) is 0 Å². The highest BCUT2D eigenvalue weighted by atomic mass is 16.7. The monoisotopic (exact) mass is 635 g/mol. The molecule has 6 rings (SSSR count). The molecule has 0 bridgehead atoms. The van der Waals surface area contributed by atoms with E-state index in [-0.39, 0.29) is 24.8 Å². The SMILES string of the molecule is COC[C@@H]1CCCN1C[C@@H]1C[C@H](c2ccc(CO)cc2)O[C@H](c2ccc(-c3ccccc3CNC(=O)NCc3ccccc3)cc2)O1. The molecule has 0 aromatic heterocycles. The number of benzene rings is 4. The summed E-state index contributed by atoms with van der Waals surface area (Å²) in [6.07, 6.45) is 2.41. The van der Waals surface area contributed by atoms with Gasteiger partial charge < -0.3 is 30.0 Å². The summed E-state index contributed by atoms with van der Waals surface area (Å²) in [7, 11) is 1.77. The smallest absolute Gasteiger partial charge is 0.315 e. The van der Waals surface area contributed by atoms with Gasteiger partial charge in [0.15, 0.2) is 6.29 Å². The van der Waals surface area contributed by atoms with E-state index in [9.17, 15) is 9.90 Å². The molecule has 2 aliphatic rings. The predicted octanol–water partition coefficient (Wildman–Crippen LogP) is 6.50. The standard InChI is InChI=1S/C39H45N3O5/c1-45-27-34-11-7-21-42(34)25-35-22-37(31-15-13-29(26-43)14-16-31)47-38(46-35)32-19-17-30(18-20-32)36-12-6-5-10-33(36)24-41-39(44)40-23-28-8-3-2-4-9-28/h2-6,8-10,12-20,34-35,37-38,43H,7,11,21-27H2,1H3,(H2,40,41,44)/t34-,35-,37+,38+/m0/s1. The summed E-state index contributed by atoms with van der Waals surface area (Å²) in [5.74, 6) is 0. The summed E-state index contributed by atoms with van der Waals surface area (Å²) < 4.78 is 18.8. The summed E-state index contributed by atoms with van der Waals surface area (Å²) in [6.45, 7) is 3.51. The third-order valence-corrected chi connectivity index (χ3v) is 9.16. The number of rotatable bonds is 12. The molecular weight excluding hydrogens is 590 g/mol. The van der Waals surface area contributed by atoms with Crippen molar-refractivity contribution in [3.8, 4) is 11.1 Å². The second-order valence-electron chi connectivity index (χ2n) is 12.4. The number of carbonyl (C=O) groups is 1. The molecule has 47 heavy (non-hydrogen) atoms. The second-order valence-corrected chi connectivity index (χ2v) is 12.4. The van der Waals surface area contributed by atoms with Crippen LogP contribution >= 0.6 is 0 Å². The number of nitrogens with zero attached hydrogens (tertiary/aromatic N) is 1. The van der Waals surface area contributed by atoms with Crippen LogP contribution in [-0.4, -0.2) is 55.0 Å². The Morgan fingerprint density at radius 1 is 0.851 bits per heavy atom. The molecule has 0 radical (unpaired) electrons. The molecule has 0 spiro atoms. The average Bonchev–Trinajstić information content (AvgIpc) is 3.56. The van der Waals surface area contributed by atoms with Crippen molar-refractivity contribution in [3.63, 3.8) is 0 Å². The molecule has 4 aromatic carbocycles. The first-order chi connectivity index (χ1) is 23.1. The summed E-state index contributed by atoms with van der Waals surface area (Å²) in [5.41, 5.74) is 7.12. The van der Waals surface area contributed by atoms with Crippen LogP contribution in [0, 0.1) is 0 Å². The van der Waals surface area contributed by atoms with E-state index >= 15 is 0 Å². The minimum atomic E-state index is -0.515. The Morgan fingerprint density at radius 2 is 1.57 bits per heavy atom. The van der Waals surface area contributed by atoms with Gasteiger partial charge in [-0.1, -0.05) is 103 Å². The van der Waals surface area contributed by atoms with Gasteiger partial charge in [0, 0.05) is 44.8 Å². The van der Waals surface area contributed by atoms with Crippen molar-refractivity contribution in [2.24, 2.45) is 0 Å². The topological polar surface area (TPSA) is 92.3 Å². The molecule has 0 aliphatic carbocycles. The molecule has 4 atom stereocenters. The number of hydrogen-bond acceptors (Lipinski definition) is 6. The number of likely N-dealkylation sites (tertiary alicyclic amines) is 1. The number of methoxy groups -OCH3 is 1. The Hall–Kier alpha value is -4.05. The fourth-order valence-electron chi connectivity index (χ4n) is 6.60. The lowest BCUT2D eigenvalue weighted by Crippen LogP contribution is -2.42. The number of aliphatic hydroxyl groups is 1. The van der Waals surface area contributed by atoms with Gasteiger partial charge in [-0.15, -0.1) is 0 Å². The van der Waals surface area contributed by atoms with E-state index in [1.54, 1.807) is 7.11 Å². The number of nitrogens with one attached hydrogen (secondary N) is 2. The van der Waals surface area contributed by atoms with Crippen LogP contribution in [0.5, 0.6) is 0 Å². The average molecular weight is 636 g/mol. The molecule has 2 aliphatic heterocycles. The lowest BCUT2D eigenvalue weighted by molar-refractivity contribution is -0.253. The first-order valence-corrected chi connectivity index (χ1v) is 16.6. The first-order valence-electron chi connectivity index (χ1n) is 16.6. The minimum absolute atomic E-state index is 0.00626. The van der Waals surface area contributed by atoms with Crippen LogP contribution in [0.3, 0.4) is 0 Å². The zero-order valence-electron chi connectivity index (χ0n) is 27.0. The molecule has 8 nitrogen and oxygen atoms in total. The van der Waals surface area contributed by atoms with Gasteiger partial charge in [0.05, 0.1) is 25.4 Å². The van der Waals surface area contributed by atoms with Crippen molar-refractivity contribution in [2.45, 2.75) is 63.5 Å². The highest BCUT2D eigenvalue weighted by Crippen LogP contribution is 2.39. The van der Waals surface area contributed by atoms with E-state index in [0.717, 1.165) is 71.5 Å². The van der Waals surface area contributed by atoms with Crippen molar-refractivity contribution in [1.29, 1.82) is 0 Å². The van der Waals surface area contributed by atoms with Gasteiger partial charge in [0.2, 0.25) is 0 Å². The number of carbonyl (C=O) groups excluding carboxylic acids is 1. The van der Waals surface area contributed by atoms with E-state index in [4.69, 9.17) is 14.2 Å². The van der Waals surface area contributed by atoms with Crippen LogP contribution in [0.1, 0.15) is 59.5 Å².